The van der Waals surface area contributed by atoms with Crippen molar-refractivity contribution in [3.05, 3.63) is 42.2 Å². The van der Waals surface area contributed by atoms with E-state index >= 15 is 0 Å². The molecule has 6 nitrogen and oxygen atoms in total. The lowest BCUT2D eigenvalue weighted by atomic mass is 10.1. The highest BCUT2D eigenvalue weighted by atomic mass is 16.5. The summed E-state index contributed by atoms with van der Waals surface area (Å²) in [5, 5.41) is 0. The molecule has 0 bridgehead atoms. The van der Waals surface area contributed by atoms with Crippen LogP contribution < -0.4 is 10.5 Å². The number of aromatic nitrogens is 2. The molecule has 1 aromatic carbocycles. The van der Waals surface area contributed by atoms with Crippen LogP contribution in [0.4, 0.5) is 0 Å². The van der Waals surface area contributed by atoms with Gasteiger partial charge in [0.05, 0.1) is 25.4 Å². The average molecular weight is 312 g/mol. The number of ether oxygens (including phenoxy) is 1. The van der Waals surface area contributed by atoms with Gasteiger partial charge in [-0.3, -0.25) is 9.69 Å². The molecule has 1 unspecified atom stereocenters. The molecule has 1 aliphatic heterocycles. The van der Waals surface area contributed by atoms with Gasteiger partial charge in [-0.25, -0.2) is 9.97 Å². The van der Waals surface area contributed by atoms with Gasteiger partial charge in [-0.05, 0) is 49.7 Å². The zero-order valence-electron chi connectivity index (χ0n) is 13.1. The summed E-state index contributed by atoms with van der Waals surface area (Å²) in [4.78, 5) is 22.4. The van der Waals surface area contributed by atoms with Crippen LogP contribution in [0.3, 0.4) is 0 Å². The number of carbonyl (C=O) groups is 1. The van der Waals surface area contributed by atoms with Gasteiger partial charge < -0.3 is 10.5 Å². The number of likely N-dealkylation sites (tertiary alicyclic amines) is 1. The molecule has 0 spiro atoms. The maximum atomic E-state index is 11.2. The molecule has 1 fully saturated rings. The van der Waals surface area contributed by atoms with Gasteiger partial charge >= 0.3 is 0 Å². The first-order valence-electron chi connectivity index (χ1n) is 7.67. The molecule has 0 radical (unpaired) electrons. The van der Waals surface area contributed by atoms with Crippen molar-refractivity contribution in [2.75, 3.05) is 20.2 Å². The first-order chi connectivity index (χ1) is 11.2. The second-order valence-corrected chi connectivity index (χ2v) is 5.63. The largest absolute Gasteiger partial charge is 0.497 e. The van der Waals surface area contributed by atoms with Gasteiger partial charge in [0, 0.05) is 11.8 Å². The first kappa shape index (κ1) is 15.4. The van der Waals surface area contributed by atoms with Crippen molar-refractivity contribution in [1.82, 2.24) is 14.9 Å². The molecule has 0 aliphatic carbocycles. The highest BCUT2D eigenvalue weighted by Crippen LogP contribution is 2.31. The lowest BCUT2D eigenvalue weighted by Gasteiger charge is -2.22. The summed E-state index contributed by atoms with van der Waals surface area (Å²) in [6.45, 7) is 1.14. The van der Waals surface area contributed by atoms with Crippen LogP contribution in [-0.2, 0) is 4.79 Å². The fourth-order valence-corrected chi connectivity index (χ4v) is 2.99. The summed E-state index contributed by atoms with van der Waals surface area (Å²) in [5.41, 5.74) is 7.21. The van der Waals surface area contributed by atoms with Crippen LogP contribution in [0.25, 0.3) is 11.4 Å². The van der Waals surface area contributed by atoms with Crippen molar-refractivity contribution in [1.29, 1.82) is 0 Å². The fraction of sp³-hybridized carbons (Fsp3) is 0.353. The van der Waals surface area contributed by atoms with E-state index in [-0.39, 0.29) is 18.5 Å². The third kappa shape index (κ3) is 3.48. The van der Waals surface area contributed by atoms with E-state index in [0.717, 1.165) is 36.4 Å². The molecule has 2 N–H and O–H groups in total. The zero-order valence-corrected chi connectivity index (χ0v) is 13.1. The lowest BCUT2D eigenvalue weighted by Crippen LogP contribution is -2.33. The van der Waals surface area contributed by atoms with Crippen LogP contribution in [0.1, 0.15) is 24.6 Å². The minimum absolute atomic E-state index is 0.127. The number of nitrogens with two attached hydrogens (primary N) is 1. The highest BCUT2D eigenvalue weighted by molar-refractivity contribution is 5.76. The van der Waals surface area contributed by atoms with Gasteiger partial charge in [0.25, 0.3) is 0 Å². The van der Waals surface area contributed by atoms with E-state index in [1.165, 1.54) is 0 Å². The Morgan fingerprint density at radius 3 is 2.83 bits per heavy atom. The Balaban J connectivity index is 1.85. The van der Waals surface area contributed by atoms with Gasteiger partial charge in [-0.2, -0.15) is 0 Å². The van der Waals surface area contributed by atoms with Crippen molar-refractivity contribution >= 4 is 5.91 Å². The van der Waals surface area contributed by atoms with Gasteiger partial charge in [-0.1, -0.05) is 0 Å². The molecule has 1 aliphatic rings. The fourth-order valence-electron chi connectivity index (χ4n) is 2.99. The molecule has 0 saturated carbocycles. The predicted molar refractivity (Wildman–Crippen MR) is 86.8 cm³/mol. The Kier molecular flexibility index (Phi) is 4.52. The molecule has 1 saturated heterocycles. The molecule has 1 amide bonds. The molecule has 2 aromatic rings. The number of nitrogens with zero attached hydrogens (tertiary/aromatic N) is 3. The van der Waals surface area contributed by atoms with E-state index < -0.39 is 0 Å². The average Bonchev–Trinajstić information content (AvgIpc) is 3.02. The van der Waals surface area contributed by atoms with Crippen molar-refractivity contribution in [3.8, 4) is 17.1 Å². The van der Waals surface area contributed by atoms with E-state index in [9.17, 15) is 4.79 Å². The molecule has 23 heavy (non-hydrogen) atoms. The number of methoxy groups -OCH3 is 1. The zero-order chi connectivity index (χ0) is 16.2. The van der Waals surface area contributed by atoms with Gasteiger partial charge in [0.15, 0.2) is 5.82 Å². The third-order valence-corrected chi connectivity index (χ3v) is 4.09. The Bertz CT molecular complexity index is 687. The van der Waals surface area contributed by atoms with Crippen LogP contribution in [-0.4, -0.2) is 41.0 Å². The number of carbonyl (C=O) groups excluding carboxylic acids is 1. The van der Waals surface area contributed by atoms with Gasteiger partial charge in [0.1, 0.15) is 5.75 Å². The Labute approximate surface area is 135 Å². The SMILES string of the molecule is COc1ccc(-c2nccc(C3CCCN3CC(N)=O)n2)cc1. The number of benzene rings is 1. The minimum atomic E-state index is -0.304. The summed E-state index contributed by atoms with van der Waals surface area (Å²) in [5.74, 6) is 1.17. The summed E-state index contributed by atoms with van der Waals surface area (Å²) in [7, 11) is 1.64. The highest BCUT2D eigenvalue weighted by Gasteiger charge is 2.28. The molecule has 1 aromatic heterocycles. The van der Waals surface area contributed by atoms with Crippen LogP contribution in [0.5, 0.6) is 5.75 Å². The van der Waals surface area contributed by atoms with Crippen LogP contribution >= 0.6 is 0 Å². The monoisotopic (exact) mass is 312 g/mol. The van der Waals surface area contributed by atoms with E-state index in [2.05, 4.69) is 9.88 Å². The molecule has 3 rings (SSSR count). The maximum absolute atomic E-state index is 11.2. The molecule has 6 heteroatoms. The van der Waals surface area contributed by atoms with E-state index in [1.807, 2.05) is 30.3 Å². The number of primary amides is 1. The van der Waals surface area contributed by atoms with Crippen molar-refractivity contribution < 1.29 is 9.53 Å². The smallest absolute Gasteiger partial charge is 0.231 e. The van der Waals surface area contributed by atoms with Crippen LogP contribution in [0.2, 0.25) is 0 Å². The summed E-state index contributed by atoms with van der Waals surface area (Å²) in [6.07, 6.45) is 3.79. The molecule has 1 atom stereocenters. The standard InChI is InChI=1S/C17H20N4O2/c1-23-13-6-4-12(5-7-13)17-19-9-8-14(20-17)15-3-2-10-21(15)11-16(18)22/h4-9,15H,2-3,10-11H2,1H3,(H2,18,22). The predicted octanol–water partition coefficient (Wildman–Crippen LogP) is 1.77. The van der Waals surface area contributed by atoms with Crippen LogP contribution in [0, 0.1) is 0 Å². The van der Waals surface area contributed by atoms with Gasteiger partial charge in [-0.15, -0.1) is 0 Å². The van der Waals surface area contributed by atoms with Gasteiger partial charge in [0.2, 0.25) is 5.91 Å². The molecule has 2 heterocycles. The first-order valence-corrected chi connectivity index (χ1v) is 7.67. The molecular formula is C17H20N4O2. The molecular weight excluding hydrogens is 292 g/mol. The quantitative estimate of drug-likeness (QED) is 0.910. The lowest BCUT2D eigenvalue weighted by molar-refractivity contribution is -0.119. The van der Waals surface area contributed by atoms with E-state index in [4.69, 9.17) is 15.5 Å². The summed E-state index contributed by atoms with van der Waals surface area (Å²) in [6, 6.07) is 9.70. The number of rotatable bonds is 5. The minimum Gasteiger partial charge on any atom is -0.497 e. The second-order valence-electron chi connectivity index (χ2n) is 5.63. The van der Waals surface area contributed by atoms with Crippen molar-refractivity contribution in [3.63, 3.8) is 0 Å². The van der Waals surface area contributed by atoms with Crippen molar-refractivity contribution in [2.45, 2.75) is 18.9 Å². The maximum Gasteiger partial charge on any atom is 0.231 e. The number of hydrogen-bond donors (Lipinski definition) is 1. The topological polar surface area (TPSA) is 81.3 Å². The second kappa shape index (κ2) is 6.75. The summed E-state index contributed by atoms with van der Waals surface area (Å²) >= 11 is 0. The van der Waals surface area contributed by atoms with Crippen molar-refractivity contribution in [2.24, 2.45) is 5.73 Å². The Morgan fingerprint density at radius 1 is 1.35 bits per heavy atom. The Morgan fingerprint density at radius 2 is 2.13 bits per heavy atom. The summed E-state index contributed by atoms with van der Waals surface area (Å²) < 4.78 is 5.17. The third-order valence-electron chi connectivity index (χ3n) is 4.09. The Hall–Kier alpha value is -2.47. The normalized spacial score (nSPS) is 18.0. The molecule has 120 valence electrons. The van der Waals surface area contributed by atoms with E-state index in [0.29, 0.717) is 5.82 Å². The number of amides is 1. The number of hydrogen-bond acceptors (Lipinski definition) is 5. The van der Waals surface area contributed by atoms with Crippen LogP contribution in [0.15, 0.2) is 36.5 Å². The van der Waals surface area contributed by atoms with E-state index in [1.54, 1.807) is 13.3 Å².